The number of hydrogen-bond acceptors (Lipinski definition) is 4. The van der Waals surface area contributed by atoms with Crippen molar-refractivity contribution in [1.82, 2.24) is 14.5 Å². The minimum absolute atomic E-state index is 0.0326. The van der Waals surface area contributed by atoms with E-state index in [4.69, 9.17) is 16.3 Å². The van der Waals surface area contributed by atoms with E-state index in [1.807, 2.05) is 0 Å². The monoisotopic (exact) mass is 319 g/mol. The first-order valence-corrected chi connectivity index (χ1v) is 8.76. The maximum Gasteiger partial charge on any atom is 0.247 e. The molecule has 6 nitrogen and oxygen atoms in total. The third kappa shape index (κ3) is 2.16. The number of aromatic nitrogens is 2. The summed E-state index contributed by atoms with van der Waals surface area (Å²) in [5, 5.41) is 6.71. The summed E-state index contributed by atoms with van der Waals surface area (Å²) in [7, 11) is -3.57. The first-order valence-electron chi connectivity index (χ1n) is 6.79. The second kappa shape index (κ2) is 5.29. The molecule has 2 unspecified atom stereocenters. The first kappa shape index (κ1) is 14.3. The molecule has 1 aromatic heterocycles. The number of nitrogens with zero attached hydrogens (tertiary/aromatic N) is 2. The van der Waals surface area contributed by atoms with Crippen molar-refractivity contribution in [3.05, 3.63) is 11.4 Å². The van der Waals surface area contributed by atoms with Crippen molar-refractivity contribution in [3.63, 3.8) is 0 Å². The van der Waals surface area contributed by atoms with Crippen LogP contribution in [0.4, 0.5) is 0 Å². The summed E-state index contributed by atoms with van der Waals surface area (Å²) in [4.78, 5) is 0.236. The second-order valence-electron chi connectivity index (χ2n) is 5.28. The number of nitrogens with one attached hydrogen (secondary N) is 1. The number of hydrogen-bond donors (Lipinski definition) is 1. The highest BCUT2D eigenvalue weighted by molar-refractivity contribution is 7.89. The molecule has 1 aromatic rings. The van der Waals surface area contributed by atoms with E-state index in [9.17, 15) is 8.42 Å². The van der Waals surface area contributed by atoms with E-state index in [2.05, 4.69) is 10.2 Å². The van der Waals surface area contributed by atoms with Gasteiger partial charge in [0.2, 0.25) is 10.0 Å². The summed E-state index contributed by atoms with van der Waals surface area (Å²) in [6, 6.07) is -0.0498. The molecule has 20 heavy (non-hydrogen) atoms. The summed E-state index contributed by atoms with van der Waals surface area (Å²) in [5.74, 6) is 0.0807. The number of H-pyrrole nitrogens is 1. The minimum atomic E-state index is -3.57. The van der Waals surface area contributed by atoms with Crippen LogP contribution in [0, 0.1) is 6.92 Å². The van der Waals surface area contributed by atoms with Crippen LogP contribution < -0.4 is 0 Å². The van der Waals surface area contributed by atoms with Gasteiger partial charge in [-0.25, -0.2) is 8.42 Å². The van der Waals surface area contributed by atoms with E-state index in [0.717, 1.165) is 19.3 Å². The van der Waals surface area contributed by atoms with Crippen molar-refractivity contribution in [2.45, 2.75) is 49.1 Å². The molecule has 0 radical (unpaired) electrons. The van der Waals surface area contributed by atoms with Gasteiger partial charge in [-0.3, -0.25) is 5.10 Å². The zero-order chi connectivity index (χ0) is 14.3. The van der Waals surface area contributed by atoms with Gasteiger partial charge in [-0.2, -0.15) is 9.40 Å². The molecule has 112 valence electrons. The molecule has 2 heterocycles. The molecule has 2 fully saturated rings. The molecule has 1 saturated carbocycles. The number of aryl methyl sites for hydroxylation is 1. The third-order valence-electron chi connectivity index (χ3n) is 4.09. The average Bonchev–Trinajstić information content (AvgIpc) is 3.03. The van der Waals surface area contributed by atoms with E-state index in [-0.39, 0.29) is 22.9 Å². The Hall–Kier alpha value is -0.630. The average molecular weight is 320 g/mol. The number of halogens is 1. The summed E-state index contributed by atoms with van der Waals surface area (Å²) in [6.07, 6.45) is 2.83. The summed E-state index contributed by atoms with van der Waals surface area (Å²) < 4.78 is 33.1. The lowest BCUT2D eigenvalue weighted by molar-refractivity contribution is -0.0242. The molecule has 0 aromatic carbocycles. The van der Waals surface area contributed by atoms with Crippen LogP contribution in [0.1, 0.15) is 30.7 Å². The Balaban J connectivity index is 2.00. The highest BCUT2D eigenvalue weighted by Gasteiger charge is 2.43. The second-order valence-corrected chi connectivity index (χ2v) is 7.38. The molecule has 1 N–H and O–H groups in total. The van der Waals surface area contributed by atoms with Crippen LogP contribution in [0.2, 0.25) is 0 Å². The molecule has 8 heteroatoms. The maximum atomic E-state index is 12.9. The topological polar surface area (TPSA) is 75.3 Å². The predicted molar refractivity (Wildman–Crippen MR) is 74.2 cm³/mol. The van der Waals surface area contributed by atoms with E-state index < -0.39 is 10.0 Å². The number of fused-ring (bicyclic) bond motifs is 1. The van der Waals surface area contributed by atoms with Crippen molar-refractivity contribution in [2.24, 2.45) is 0 Å². The Kier molecular flexibility index (Phi) is 3.79. The first-order chi connectivity index (χ1) is 9.55. The fraction of sp³-hybridized carbons (Fsp3) is 0.750. The van der Waals surface area contributed by atoms with E-state index in [1.54, 1.807) is 11.2 Å². The van der Waals surface area contributed by atoms with Gasteiger partial charge in [0.25, 0.3) is 0 Å². The van der Waals surface area contributed by atoms with Crippen LogP contribution in [-0.4, -0.2) is 48.2 Å². The van der Waals surface area contributed by atoms with Crippen LogP contribution >= 0.6 is 11.6 Å². The smallest absolute Gasteiger partial charge is 0.247 e. The molecule has 0 amide bonds. The van der Waals surface area contributed by atoms with E-state index in [1.165, 1.54) is 0 Å². The predicted octanol–water partition coefficient (Wildman–Crippen LogP) is 1.40. The highest BCUT2D eigenvalue weighted by Crippen LogP contribution is 2.34. The summed E-state index contributed by atoms with van der Waals surface area (Å²) in [6.45, 7) is 2.56. The fourth-order valence-corrected chi connectivity index (χ4v) is 5.48. The van der Waals surface area contributed by atoms with Crippen molar-refractivity contribution in [3.8, 4) is 0 Å². The number of rotatable bonds is 3. The van der Waals surface area contributed by atoms with Gasteiger partial charge in [0.15, 0.2) is 0 Å². The lowest BCUT2D eigenvalue weighted by Crippen LogP contribution is -2.51. The lowest BCUT2D eigenvalue weighted by Gasteiger charge is -2.36. The number of alkyl halides is 1. The zero-order valence-corrected chi connectivity index (χ0v) is 12.9. The Morgan fingerprint density at radius 2 is 2.30 bits per heavy atom. The number of sulfonamides is 1. The van der Waals surface area contributed by atoms with Crippen LogP contribution in [0.25, 0.3) is 0 Å². The summed E-state index contributed by atoms with van der Waals surface area (Å²) >= 11 is 5.81. The quantitative estimate of drug-likeness (QED) is 0.854. The highest BCUT2D eigenvalue weighted by atomic mass is 35.5. The van der Waals surface area contributed by atoms with Crippen molar-refractivity contribution < 1.29 is 13.2 Å². The minimum Gasteiger partial charge on any atom is -0.375 e. The van der Waals surface area contributed by atoms with Gasteiger partial charge < -0.3 is 4.74 Å². The number of aromatic amines is 1. The van der Waals surface area contributed by atoms with E-state index in [0.29, 0.717) is 24.5 Å². The Labute approximate surface area is 123 Å². The fourth-order valence-electron chi connectivity index (χ4n) is 3.21. The van der Waals surface area contributed by atoms with Gasteiger partial charge in [-0.15, -0.1) is 11.6 Å². The third-order valence-corrected chi connectivity index (χ3v) is 6.47. The van der Waals surface area contributed by atoms with Crippen molar-refractivity contribution in [2.75, 3.05) is 13.2 Å². The Bertz CT molecular complexity index is 601. The molecule has 0 bridgehead atoms. The molecule has 3 rings (SSSR count). The van der Waals surface area contributed by atoms with Crippen LogP contribution in [0.5, 0.6) is 0 Å². The van der Waals surface area contributed by atoms with Gasteiger partial charge in [-0.05, 0) is 26.2 Å². The van der Waals surface area contributed by atoms with Crippen LogP contribution in [0.15, 0.2) is 4.90 Å². The SMILES string of the molecule is Cc1[nH]nc(CCl)c1S(=O)(=O)N1CCOC2CCCC21. The standard InChI is InChI=1S/C12H18ClN3O3S/c1-8-12(9(7-13)15-14-8)20(17,18)16-5-6-19-11-4-2-3-10(11)16/h10-11H,2-7H2,1H3,(H,14,15). The zero-order valence-electron chi connectivity index (χ0n) is 11.3. The molecule has 1 aliphatic carbocycles. The Morgan fingerprint density at radius 3 is 3.05 bits per heavy atom. The molecular weight excluding hydrogens is 302 g/mol. The van der Waals surface area contributed by atoms with Crippen molar-refractivity contribution in [1.29, 1.82) is 0 Å². The normalized spacial score (nSPS) is 27.7. The van der Waals surface area contributed by atoms with Crippen LogP contribution in [0.3, 0.4) is 0 Å². The molecule has 1 aliphatic heterocycles. The van der Waals surface area contributed by atoms with Gasteiger partial charge in [0.05, 0.1) is 36.0 Å². The van der Waals surface area contributed by atoms with Gasteiger partial charge >= 0.3 is 0 Å². The molecular formula is C12H18ClN3O3S. The van der Waals surface area contributed by atoms with Gasteiger partial charge in [0, 0.05) is 6.54 Å². The largest absolute Gasteiger partial charge is 0.375 e. The number of ether oxygens (including phenoxy) is 1. The Morgan fingerprint density at radius 1 is 1.50 bits per heavy atom. The molecule has 1 saturated heterocycles. The van der Waals surface area contributed by atoms with Gasteiger partial charge in [-0.1, -0.05) is 0 Å². The van der Waals surface area contributed by atoms with Gasteiger partial charge in [0.1, 0.15) is 4.90 Å². The van der Waals surface area contributed by atoms with E-state index >= 15 is 0 Å². The molecule has 2 atom stereocenters. The summed E-state index contributed by atoms with van der Waals surface area (Å²) in [5.41, 5.74) is 0.937. The van der Waals surface area contributed by atoms with Crippen LogP contribution in [-0.2, 0) is 20.6 Å². The maximum absolute atomic E-state index is 12.9. The van der Waals surface area contributed by atoms with Crippen molar-refractivity contribution >= 4 is 21.6 Å². The molecule has 0 spiro atoms. The lowest BCUT2D eigenvalue weighted by atomic mass is 10.2. The number of morpholine rings is 1. The molecule has 2 aliphatic rings.